The Hall–Kier alpha value is -1.97. The van der Waals surface area contributed by atoms with Crippen molar-refractivity contribution in [2.45, 2.75) is 91.6 Å². The molecule has 0 atom stereocenters. The van der Waals surface area contributed by atoms with Gasteiger partial charge in [0.25, 0.3) is 0 Å². The van der Waals surface area contributed by atoms with E-state index in [1.165, 1.54) is 31.8 Å². The van der Waals surface area contributed by atoms with Gasteiger partial charge in [0.15, 0.2) is 0 Å². The van der Waals surface area contributed by atoms with E-state index in [1.807, 2.05) is 39.0 Å². The summed E-state index contributed by atoms with van der Waals surface area (Å²) < 4.78 is 17.4. The maximum Gasteiger partial charge on any atom is 0.331 e. The van der Waals surface area contributed by atoms with E-state index in [-0.39, 0.29) is 5.97 Å². The summed E-state index contributed by atoms with van der Waals surface area (Å²) in [5.74, 6) is 1.11. The smallest absolute Gasteiger partial charge is 0.331 e. The van der Waals surface area contributed by atoms with E-state index in [9.17, 15) is 4.79 Å². The molecule has 0 N–H and O–H groups in total. The Morgan fingerprint density at radius 1 is 0.862 bits per heavy atom. The van der Waals surface area contributed by atoms with Gasteiger partial charge < -0.3 is 14.2 Å². The van der Waals surface area contributed by atoms with E-state index in [0.717, 1.165) is 42.7 Å². The Morgan fingerprint density at radius 3 is 1.83 bits per heavy atom. The van der Waals surface area contributed by atoms with Crippen LogP contribution in [-0.4, -0.2) is 24.8 Å². The molecule has 29 heavy (non-hydrogen) atoms. The van der Waals surface area contributed by atoms with E-state index in [1.54, 1.807) is 6.08 Å². The summed E-state index contributed by atoms with van der Waals surface area (Å²) in [5, 5.41) is 0. The third kappa shape index (κ3) is 11.6. The van der Waals surface area contributed by atoms with Crippen LogP contribution in [0.5, 0.6) is 11.5 Å². The van der Waals surface area contributed by atoms with Gasteiger partial charge in [0, 0.05) is 6.08 Å². The molecule has 0 fully saturated rings. The lowest BCUT2D eigenvalue weighted by Crippen LogP contribution is -2.22. The highest BCUT2D eigenvalue weighted by Crippen LogP contribution is 2.31. The molecule has 1 aromatic rings. The standard InChI is InChI=1S/C25H40O4/c1-6-8-10-12-19-27-22-15-14-16-23(28-20-13-11-9-7-2)21(22)17-18-24(26)29-25(3,4)5/h14-18H,6-13,19-20H2,1-5H3. The number of ether oxygens (including phenoxy) is 3. The third-order valence-electron chi connectivity index (χ3n) is 4.33. The minimum atomic E-state index is -0.519. The van der Waals surface area contributed by atoms with Gasteiger partial charge in [-0.3, -0.25) is 0 Å². The summed E-state index contributed by atoms with van der Waals surface area (Å²) in [6.45, 7) is 11.3. The van der Waals surface area contributed by atoms with Gasteiger partial charge in [-0.15, -0.1) is 0 Å². The summed E-state index contributed by atoms with van der Waals surface area (Å²) >= 11 is 0. The molecular formula is C25H40O4. The fraction of sp³-hybridized carbons (Fsp3) is 0.640. The first-order chi connectivity index (χ1) is 13.9. The molecule has 0 saturated carbocycles. The van der Waals surface area contributed by atoms with E-state index in [2.05, 4.69) is 13.8 Å². The molecule has 1 aromatic carbocycles. The molecule has 0 bridgehead atoms. The summed E-state index contributed by atoms with van der Waals surface area (Å²) in [6, 6.07) is 5.80. The Morgan fingerprint density at radius 2 is 1.38 bits per heavy atom. The largest absolute Gasteiger partial charge is 0.493 e. The zero-order valence-electron chi connectivity index (χ0n) is 19.1. The first-order valence-electron chi connectivity index (χ1n) is 11.2. The zero-order valence-corrected chi connectivity index (χ0v) is 19.1. The predicted octanol–water partition coefficient (Wildman–Crippen LogP) is 6.96. The maximum atomic E-state index is 12.1. The Labute approximate surface area is 177 Å². The fourth-order valence-corrected chi connectivity index (χ4v) is 2.85. The van der Waals surface area contributed by atoms with Crippen molar-refractivity contribution in [2.75, 3.05) is 13.2 Å². The van der Waals surface area contributed by atoms with Crippen molar-refractivity contribution in [3.63, 3.8) is 0 Å². The highest BCUT2D eigenvalue weighted by molar-refractivity contribution is 5.88. The van der Waals surface area contributed by atoms with Crippen molar-refractivity contribution in [1.29, 1.82) is 0 Å². The Bertz CT molecular complexity index is 581. The average molecular weight is 405 g/mol. The first kappa shape index (κ1) is 25.1. The van der Waals surface area contributed by atoms with E-state index < -0.39 is 5.60 Å². The van der Waals surface area contributed by atoms with Crippen LogP contribution in [0, 0.1) is 0 Å². The lowest BCUT2D eigenvalue weighted by Gasteiger charge is -2.18. The number of benzene rings is 1. The van der Waals surface area contributed by atoms with Gasteiger partial charge in [-0.25, -0.2) is 4.79 Å². The molecule has 0 heterocycles. The van der Waals surface area contributed by atoms with E-state index >= 15 is 0 Å². The minimum Gasteiger partial charge on any atom is -0.493 e. The summed E-state index contributed by atoms with van der Waals surface area (Å²) in [7, 11) is 0. The molecule has 0 amide bonds. The Balaban J connectivity index is 2.86. The van der Waals surface area contributed by atoms with Crippen LogP contribution in [0.25, 0.3) is 6.08 Å². The van der Waals surface area contributed by atoms with Crippen LogP contribution in [0.15, 0.2) is 24.3 Å². The zero-order chi connectivity index (χ0) is 21.5. The van der Waals surface area contributed by atoms with Crippen molar-refractivity contribution in [2.24, 2.45) is 0 Å². The topological polar surface area (TPSA) is 44.8 Å². The molecule has 4 heteroatoms. The van der Waals surface area contributed by atoms with Crippen molar-refractivity contribution < 1.29 is 19.0 Å². The van der Waals surface area contributed by atoms with Gasteiger partial charge in [-0.05, 0) is 51.8 Å². The summed E-state index contributed by atoms with van der Waals surface area (Å²) in [6.07, 6.45) is 12.4. The van der Waals surface area contributed by atoms with Crippen LogP contribution in [0.2, 0.25) is 0 Å². The molecule has 0 spiro atoms. The van der Waals surface area contributed by atoms with Crippen molar-refractivity contribution in [3.8, 4) is 11.5 Å². The van der Waals surface area contributed by atoms with Crippen LogP contribution in [0.1, 0.15) is 91.5 Å². The highest BCUT2D eigenvalue weighted by atomic mass is 16.6. The Kier molecular flexibility index (Phi) is 12.2. The lowest BCUT2D eigenvalue weighted by atomic mass is 10.1. The molecule has 164 valence electrons. The van der Waals surface area contributed by atoms with Crippen LogP contribution in [-0.2, 0) is 9.53 Å². The van der Waals surface area contributed by atoms with Gasteiger partial charge in [0.05, 0.1) is 18.8 Å². The molecule has 4 nitrogen and oxygen atoms in total. The van der Waals surface area contributed by atoms with Crippen LogP contribution >= 0.6 is 0 Å². The van der Waals surface area contributed by atoms with Gasteiger partial charge >= 0.3 is 5.97 Å². The molecule has 0 aromatic heterocycles. The molecule has 1 rings (SSSR count). The van der Waals surface area contributed by atoms with Crippen LogP contribution in [0.3, 0.4) is 0 Å². The van der Waals surface area contributed by atoms with Crippen molar-refractivity contribution in [3.05, 3.63) is 29.8 Å². The number of hydrogen-bond acceptors (Lipinski definition) is 4. The predicted molar refractivity (Wildman–Crippen MR) is 121 cm³/mol. The molecule has 0 aliphatic rings. The van der Waals surface area contributed by atoms with Crippen LogP contribution < -0.4 is 9.47 Å². The van der Waals surface area contributed by atoms with Gasteiger partial charge in [-0.2, -0.15) is 0 Å². The second-order valence-electron chi connectivity index (χ2n) is 8.35. The highest BCUT2D eigenvalue weighted by Gasteiger charge is 2.15. The molecule has 0 aliphatic heterocycles. The average Bonchev–Trinajstić information content (AvgIpc) is 2.65. The molecular weight excluding hydrogens is 364 g/mol. The van der Waals surface area contributed by atoms with Crippen molar-refractivity contribution in [1.82, 2.24) is 0 Å². The summed E-state index contributed by atoms with van der Waals surface area (Å²) in [4.78, 5) is 12.1. The van der Waals surface area contributed by atoms with E-state index in [4.69, 9.17) is 14.2 Å². The molecule has 0 aliphatic carbocycles. The monoisotopic (exact) mass is 404 g/mol. The first-order valence-corrected chi connectivity index (χ1v) is 11.2. The third-order valence-corrected chi connectivity index (χ3v) is 4.33. The molecule has 0 unspecified atom stereocenters. The van der Waals surface area contributed by atoms with E-state index in [0.29, 0.717) is 13.2 Å². The van der Waals surface area contributed by atoms with Crippen molar-refractivity contribution >= 4 is 12.0 Å². The quantitative estimate of drug-likeness (QED) is 0.191. The number of rotatable bonds is 14. The number of unbranched alkanes of at least 4 members (excludes halogenated alkanes) is 6. The summed E-state index contributed by atoms with van der Waals surface area (Å²) in [5.41, 5.74) is 0.277. The second-order valence-corrected chi connectivity index (χ2v) is 8.35. The number of carbonyl (C=O) groups excluding carboxylic acids is 1. The SMILES string of the molecule is CCCCCCOc1cccc(OCCCCCC)c1C=CC(=O)OC(C)(C)C. The van der Waals surface area contributed by atoms with Gasteiger partial charge in [-0.1, -0.05) is 58.4 Å². The minimum absolute atomic E-state index is 0.371. The maximum absolute atomic E-state index is 12.1. The van der Waals surface area contributed by atoms with Gasteiger partial charge in [0.1, 0.15) is 17.1 Å². The lowest BCUT2D eigenvalue weighted by molar-refractivity contribution is -0.148. The second kappa shape index (κ2) is 14.1. The number of carbonyl (C=O) groups is 1. The fourth-order valence-electron chi connectivity index (χ4n) is 2.85. The normalized spacial score (nSPS) is 11.6. The molecule has 0 saturated heterocycles. The van der Waals surface area contributed by atoms with Gasteiger partial charge in [0.2, 0.25) is 0 Å². The van der Waals surface area contributed by atoms with Crippen LogP contribution in [0.4, 0.5) is 0 Å². The number of hydrogen-bond donors (Lipinski definition) is 0. The number of esters is 1. The molecule has 0 radical (unpaired) electrons.